The maximum atomic E-state index is 2.43. The lowest BCUT2D eigenvalue weighted by molar-refractivity contribution is 0.336. The van der Waals surface area contributed by atoms with Crippen molar-refractivity contribution in [1.82, 2.24) is 9.80 Å². The zero-order chi connectivity index (χ0) is 23.4. The number of rotatable bonds is 14. The topological polar surface area (TPSA) is 6.48 Å². The number of likely N-dealkylation sites (N-methyl/N-ethyl adjacent to an activating group) is 1. The molecule has 0 aromatic carbocycles. The van der Waals surface area contributed by atoms with Crippen LogP contribution in [0.5, 0.6) is 0 Å². The zero-order valence-electron chi connectivity index (χ0n) is 22.2. The molecule has 0 heterocycles. The molecule has 1 atom stereocenters. The maximum absolute atomic E-state index is 2.43. The molecule has 0 N–H and O–H groups in total. The van der Waals surface area contributed by atoms with E-state index in [0.29, 0.717) is 5.92 Å². The van der Waals surface area contributed by atoms with Crippen LogP contribution < -0.4 is 0 Å². The van der Waals surface area contributed by atoms with Crippen LogP contribution in [-0.4, -0.2) is 42.5 Å². The molecule has 0 radical (unpaired) electrons. The van der Waals surface area contributed by atoms with E-state index in [1.165, 1.54) is 42.4 Å². The van der Waals surface area contributed by atoms with Crippen molar-refractivity contribution in [2.45, 2.75) is 94.9 Å². The monoisotopic (exact) mass is 418 g/mol. The second-order valence-corrected chi connectivity index (χ2v) is 8.76. The van der Waals surface area contributed by atoms with E-state index < -0.39 is 0 Å². The molecule has 0 aliphatic rings. The Morgan fingerprint density at radius 2 is 1.27 bits per heavy atom. The van der Waals surface area contributed by atoms with Gasteiger partial charge in [0.1, 0.15) is 0 Å². The Hall–Kier alpha value is -1.28. The first-order valence-corrected chi connectivity index (χ1v) is 12.3. The molecule has 0 aromatic heterocycles. The van der Waals surface area contributed by atoms with Crippen LogP contribution in [-0.2, 0) is 0 Å². The molecule has 0 fully saturated rings. The molecule has 30 heavy (non-hydrogen) atoms. The fourth-order valence-electron chi connectivity index (χ4n) is 2.89. The van der Waals surface area contributed by atoms with Gasteiger partial charge in [0.15, 0.2) is 0 Å². The van der Waals surface area contributed by atoms with Gasteiger partial charge < -0.3 is 9.80 Å². The summed E-state index contributed by atoms with van der Waals surface area (Å²) in [6.45, 7) is 27.6. The van der Waals surface area contributed by atoms with Gasteiger partial charge in [-0.25, -0.2) is 0 Å². The van der Waals surface area contributed by atoms with Gasteiger partial charge in [0, 0.05) is 19.6 Å². The minimum absolute atomic E-state index is 0.682. The fourth-order valence-corrected chi connectivity index (χ4v) is 2.89. The van der Waals surface area contributed by atoms with Crippen molar-refractivity contribution >= 4 is 0 Å². The standard InChI is InChI=1S/2C14H27N/c2*1-6-15(7-2)12-11-14(5)10-8-9-13(3)4/h9,11H,6-8,10,12H2,1-5H3;9,11-12,14H,6-8,10H2,1-5H3/b14-11-;12-11+. The third-order valence-electron chi connectivity index (χ3n) is 5.30. The van der Waals surface area contributed by atoms with Gasteiger partial charge in [-0.3, -0.25) is 0 Å². The lowest BCUT2D eigenvalue weighted by Crippen LogP contribution is -2.22. The summed E-state index contributed by atoms with van der Waals surface area (Å²) < 4.78 is 0. The molecule has 176 valence electrons. The Labute approximate surface area is 190 Å². The van der Waals surface area contributed by atoms with Gasteiger partial charge in [0.2, 0.25) is 0 Å². The van der Waals surface area contributed by atoms with Crippen molar-refractivity contribution < 1.29 is 0 Å². The van der Waals surface area contributed by atoms with Crippen molar-refractivity contribution in [1.29, 1.82) is 0 Å². The van der Waals surface area contributed by atoms with E-state index in [-0.39, 0.29) is 0 Å². The van der Waals surface area contributed by atoms with Crippen molar-refractivity contribution in [3.8, 4) is 0 Å². The summed E-state index contributed by atoms with van der Waals surface area (Å²) in [5.74, 6) is 0.682. The molecule has 0 saturated heterocycles. The Kier molecular flexibility index (Phi) is 21.6. The quantitative estimate of drug-likeness (QED) is 0.262. The summed E-state index contributed by atoms with van der Waals surface area (Å²) in [6, 6.07) is 0. The van der Waals surface area contributed by atoms with E-state index in [9.17, 15) is 0 Å². The lowest BCUT2D eigenvalue weighted by Gasteiger charge is -2.15. The van der Waals surface area contributed by atoms with Gasteiger partial charge in [0.25, 0.3) is 0 Å². The van der Waals surface area contributed by atoms with Gasteiger partial charge in [-0.1, -0.05) is 61.8 Å². The maximum Gasteiger partial charge on any atom is 0.0165 e. The van der Waals surface area contributed by atoms with Crippen molar-refractivity contribution in [2.75, 3.05) is 32.7 Å². The minimum Gasteiger partial charge on any atom is -0.378 e. The van der Waals surface area contributed by atoms with E-state index in [1.807, 2.05) is 0 Å². The lowest BCUT2D eigenvalue weighted by atomic mass is 10.0. The number of allylic oxidation sites excluding steroid dienone is 6. The van der Waals surface area contributed by atoms with Crippen LogP contribution in [0.1, 0.15) is 94.9 Å². The van der Waals surface area contributed by atoms with Crippen LogP contribution in [0.2, 0.25) is 0 Å². The summed E-state index contributed by atoms with van der Waals surface area (Å²) in [5.41, 5.74) is 4.36. The molecule has 0 rings (SSSR count). The molecule has 2 heteroatoms. The van der Waals surface area contributed by atoms with Gasteiger partial charge in [-0.2, -0.15) is 0 Å². The Bertz CT molecular complexity index is 495. The number of hydrogen-bond acceptors (Lipinski definition) is 2. The highest BCUT2D eigenvalue weighted by atomic mass is 15.1. The molecule has 2 nitrogen and oxygen atoms in total. The number of hydrogen-bond donors (Lipinski definition) is 0. The van der Waals surface area contributed by atoms with E-state index in [0.717, 1.165) is 32.7 Å². The highest BCUT2D eigenvalue weighted by Crippen LogP contribution is 2.10. The molecular formula is C28H54N2. The summed E-state index contributed by atoms with van der Waals surface area (Å²) in [4.78, 5) is 4.77. The highest BCUT2D eigenvalue weighted by molar-refractivity contribution is 5.03. The van der Waals surface area contributed by atoms with Gasteiger partial charge >= 0.3 is 0 Å². The summed E-state index contributed by atoms with van der Waals surface area (Å²) in [6.07, 6.45) is 16.4. The SMILES string of the molecule is CCN(/C=C/C(C)CCC=C(C)C)CC.CCN(CC)C/C=C(/C)CCC=C(C)C. The molecule has 0 aliphatic heterocycles. The first-order valence-electron chi connectivity index (χ1n) is 12.3. The van der Waals surface area contributed by atoms with Crippen LogP contribution in [0, 0.1) is 5.92 Å². The average molecular weight is 419 g/mol. The molecule has 0 saturated carbocycles. The van der Waals surface area contributed by atoms with Gasteiger partial charge in [-0.05, 0) is 99.4 Å². The molecule has 0 bridgehead atoms. The Morgan fingerprint density at radius 1 is 0.733 bits per heavy atom. The second kappa shape index (κ2) is 21.0. The molecule has 1 unspecified atom stereocenters. The van der Waals surface area contributed by atoms with Crippen molar-refractivity contribution in [3.63, 3.8) is 0 Å². The first-order chi connectivity index (χ1) is 14.2. The van der Waals surface area contributed by atoms with Crippen LogP contribution in [0.15, 0.2) is 47.2 Å². The highest BCUT2D eigenvalue weighted by Gasteiger charge is 1.97. The van der Waals surface area contributed by atoms with E-state index >= 15 is 0 Å². The molecule has 0 aliphatic carbocycles. The van der Waals surface area contributed by atoms with E-state index in [1.54, 1.807) is 0 Å². The summed E-state index contributed by atoms with van der Waals surface area (Å²) in [5, 5.41) is 0. The van der Waals surface area contributed by atoms with Crippen LogP contribution in [0.3, 0.4) is 0 Å². The normalized spacial score (nSPS) is 12.4. The predicted octanol–water partition coefficient (Wildman–Crippen LogP) is 8.25. The third-order valence-corrected chi connectivity index (χ3v) is 5.30. The molecule has 0 spiro atoms. The van der Waals surface area contributed by atoms with Crippen LogP contribution in [0.25, 0.3) is 0 Å². The zero-order valence-corrected chi connectivity index (χ0v) is 22.2. The smallest absolute Gasteiger partial charge is 0.0165 e. The van der Waals surface area contributed by atoms with Gasteiger partial charge in [0.05, 0.1) is 0 Å². The van der Waals surface area contributed by atoms with Crippen LogP contribution >= 0.6 is 0 Å². The minimum atomic E-state index is 0.682. The molecule has 0 amide bonds. The molecule has 0 aromatic rings. The average Bonchev–Trinajstić information content (AvgIpc) is 2.69. The Morgan fingerprint density at radius 3 is 1.73 bits per heavy atom. The summed E-state index contributed by atoms with van der Waals surface area (Å²) in [7, 11) is 0. The Balaban J connectivity index is 0. The van der Waals surface area contributed by atoms with Crippen molar-refractivity contribution in [3.05, 3.63) is 47.2 Å². The predicted molar refractivity (Wildman–Crippen MR) is 140 cm³/mol. The largest absolute Gasteiger partial charge is 0.378 e. The summed E-state index contributed by atoms with van der Waals surface area (Å²) >= 11 is 0. The third kappa shape index (κ3) is 21.4. The molecular weight excluding hydrogens is 364 g/mol. The number of nitrogens with zero attached hydrogens (tertiary/aromatic N) is 2. The second-order valence-electron chi connectivity index (χ2n) is 8.76. The first kappa shape index (κ1) is 30.9. The van der Waals surface area contributed by atoms with E-state index in [2.05, 4.69) is 110 Å². The fraction of sp³-hybridized carbons (Fsp3) is 0.714. The van der Waals surface area contributed by atoms with Crippen LogP contribution in [0.4, 0.5) is 0 Å². The van der Waals surface area contributed by atoms with Gasteiger partial charge in [-0.15, -0.1) is 0 Å². The van der Waals surface area contributed by atoms with E-state index in [4.69, 9.17) is 0 Å². The van der Waals surface area contributed by atoms with Crippen molar-refractivity contribution in [2.24, 2.45) is 5.92 Å².